The van der Waals surface area contributed by atoms with Crippen LogP contribution in [-0.2, 0) is 0 Å². The lowest BCUT2D eigenvalue weighted by Gasteiger charge is -2.10. The third kappa shape index (κ3) is 3.22. The van der Waals surface area contributed by atoms with Gasteiger partial charge < -0.3 is 4.42 Å². The van der Waals surface area contributed by atoms with Gasteiger partial charge in [0.1, 0.15) is 11.6 Å². The zero-order chi connectivity index (χ0) is 16.4. The zero-order valence-corrected chi connectivity index (χ0v) is 13.6. The second kappa shape index (κ2) is 6.42. The Labute approximate surface area is 138 Å². The molecule has 23 heavy (non-hydrogen) atoms. The number of thioether (sulfide) groups is 1. The van der Waals surface area contributed by atoms with E-state index in [1.165, 1.54) is 12.1 Å². The lowest BCUT2D eigenvalue weighted by atomic mass is 9.96. The summed E-state index contributed by atoms with van der Waals surface area (Å²) in [5, 5.41) is 0. The van der Waals surface area contributed by atoms with Crippen LogP contribution in [0.15, 0.2) is 68.7 Å². The topological polar surface area (TPSA) is 30.2 Å². The summed E-state index contributed by atoms with van der Waals surface area (Å²) in [6, 6.07) is 15.7. The molecule has 3 aromatic rings. The molecule has 0 aliphatic rings. The fraction of sp³-hybridized carbons (Fsp3) is 0.105. The number of benzene rings is 2. The second-order valence-corrected chi connectivity index (χ2v) is 6.05. The van der Waals surface area contributed by atoms with E-state index >= 15 is 0 Å². The smallest absolute Gasteiger partial charge is 0.344 e. The van der Waals surface area contributed by atoms with Crippen molar-refractivity contribution in [3.63, 3.8) is 0 Å². The monoisotopic (exact) mass is 326 g/mol. The minimum absolute atomic E-state index is 0.381. The molecule has 0 fully saturated rings. The highest BCUT2D eigenvalue weighted by Gasteiger charge is 2.15. The van der Waals surface area contributed by atoms with Gasteiger partial charge in [-0.25, -0.2) is 9.18 Å². The Bertz CT molecular complexity index is 898. The fourth-order valence-corrected chi connectivity index (χ4v) is 2.94. The van der Waals surface area contributed by atoms with Crippen LogP contribution < -0.4 is 5.63 Å². The van der Waals surface area contributed by atoms with E-state index in [2.05, 4.69) is 0 Å². The average molecular weight is 326 g/mol. The lowest BCUT2D eigenvalue weighted by Crippen LogP contribution is -2.06. The van der Waals surface area contributed by atoms with E-state index in [-0.39, 0.29) is 5.82 Å². The maximum absolute atomic E-state index is 13.6. The molecule has 0 N–H and O–H groups in total. The van der Waals surface area contributed by atoms with Gasteiger partial charge in [0.25, 0.3) is 0 Å². The molecule has 0 atom stereocenters. The van der Waals surface area contributed by atoms with Gasteiger partial charge in [0.15, 0.2) is 0 Å². The summed E-state index contributed by atoms with van der Waals surface area (Å²) >= 11 is 1.65. The number of hydrogen-bond acceptors (Lipinski definition) is 3. The van der Waals surface area contributed by atoms with Crippen molar-refractivity contribution in [1.29, 1.82) is 0 Å². The summed E-state index contributed by atoms with van der Waals surface area (Å²) in [6.45, 7) is 1.73. The van der Waals surface area contributed by atoms with Gasteiger partial charge in [-0.05, 0) is 54.6 Å². The first kappa shape index (κ1) is 15.6. The first-order chi connectivity index (χ1) is 11.1. The molecule has 0 aliphatic heterocycles. The van der Waals surface area contributed by atoms with Gasteiger partial charge in [0.05, 0.1) is 5.56 Å². The first-order valence-corrected chi connectivity index (χ1v) is 8.36. The van der Waals surface area contributed by atoms with Gasteiger partial charge in [-0.2, -0.15) is 0 Å². The molecule has 2 nitrogen and oxygen atoms in total. The third-order valence-corrected chi connectivity index (χ3v) is 4.33. The fourth-order valence-electron chi connectivity index (χ4n) is 2.53. The summed E-state index contributed by atoms with van der Waals surface area (Å²) in [7, 11) is 0. The molecule has 0 radical (unpaired) electrons. The normalized spacial score (nSPS) is 10.7. The maximum atomic E-state index is 13.6. The summed E-state index contributed by atoms with van der Waals surface area (Å²) in [6.07, 6.45) is 2.01. The molecule has 116 valence electrons. The Morgan fingerprint density at radius 2 is 1.74 bits per heavy atom. The molecule has 1 aromatic heterocycles. The Morgan fingerprint density at radius 1 is 1.00 bits per heavy atom. The lowest BCUT2D eigenvalue weighted by molar-refractivity contribution is 0.483. The largest absolute Gasteiger partial charge is 0.428 e. The number of rotatable bonds is 3. The molecule has 0 amide bonds. The van der Waals surface area contributed by atoms with Crippen LogP contribution in [0.2, 0.25) is 0 Å². The molecule has 0 saturated heterocycles. The SMILES string of the molecule is CSc1ccc(-c2cc(C)oc(=O)c2-c2cccc(F)c2)cc1. The van der Waals surface area contributed by atoms with Crippen LogP contribution in [-0.4, -0.2) is 6.26 Å². The highest BCUT2D eigenvalue weighted by Crippen LogP contribution is 2.31. The molecular weight excluding hydrogens is 311 g/mol. The van der Waals surface area contributed by atoms with E-state index in [1.54, 1.807) is 30.8 Å². The summed E-state index contributed by atoms with van der Waals surface area (Å²) in [4.78, 5) is 13.5. The van der Waals surface area contributed by atoms with E-state index in [0.717, 1.165) is 16.0 Å². The van der Waals surface area contributed by atoms with Gasteiger partial charge >= 0.3 is 5.63 Å². The van der Waals surface area contributed by atoms with E-state index in [4.69, 9.17) is 4.42 Å². The maximum Gasteiger partial charge on any atom is 0.344 e. The van der Waals surface area contributed by atoms with Crippen molar-refractivity contribution < 1.29 is 8.81 Å². The number of halogens is 1. The van der Waals surface area contributed by atoms with Crippen molar-refractivity contribution >= 4 is 11.8 Å². The standard InChI is InChI=1S/C19H15FO2S/c1-12-10-17(13-6-8-16(23-2)9-7-13)18(19(21)22-12)14-4-3-5-15(20)11-14/h3-11H,1-2H3. The Morgan fingerprint density at radius 3 is 2.39 bits per heavy atom. The van der Waals surface area contributed by atoms with Crippen LogP contribution in [0, 0.1) is 12.7 Å². The Kier molecular flexibility index (Phi) is 4.35. The van der Waals surface area contributed by atoms with Gasteiger partial charge in [-0.1, -0.05) is 24.3 Å². The Balaban J connectivity index is 2.25. The molecule has 4 heteroatoms. The number of aryl methyl sites for hydroxylation is 1. The van der Waals surface area contributed by atoms with Crippen LogP contribution in [0.25, 0.3) is 22.3 Å². The predicted octanol–water partition coefficient (Wildman–Crippen LogP) is 5.14. The quantitative estimate of drug-likeness (QED) is 0.624. The van der Waals surface area contributed by atoms with Crippen LogP contribution in [0.3, 0.4) is 0 Å². The highest BCUT2D eigenvalue weighted by molar-refractivity contribution is 7.98. The van der Waals surface area contributed by atoms with Crippen LogP contribution >= 0.6 is 11.8 Å². The molecule has 0 spiro atoms. The van der Waals surface area contributed by atoms with Gasteiger partial charge in [0.2, 0.25) is 0 Å². The van der Waals surface area contributed by atoms with Crippen LogP contribution in [0.4, 0.5) is 4.39 Å². The van der Waals surface area contributed by atoms with Gasteiger partial charge in [-0.15, -0.1) is 11.8 Å². The third-order valence-electron chi connectivity index (χ3n) is 3.59. The molecule has 2 aromatic carbocycles. The molecular formula is C19H15FO2S. The van der Waals surface area contributed by atoms with E-state index in [9.17, 15) is 9.18 Å². The van der Waals surface area contributed by atoms with E-state index < -0.39 is 5.63 Å². The second-order valence-electron chi connectivity index (χ2n) is 5.17. The van der Waals surface area contributed by atoms with E-state index in [1.807, 2.05) is 36.6 Å². The average Bonchev–Trinajstić information content (AvgIpc) is 2.54. The molecule has 0 saturated carbocycles. The van der Waals surface area contributed by atoms with Gasteiger partial charge in [0, 0.05) is 10.5 Å². The van der Waals surface area contributed by atoms with Crippen molar-refractivity contribution in [1.82, 2.24) is 0 Å². The first-order valence-electron chi connectivity index (χ1n) is 7.13. The van der Waals surface area contributed by atoms with Gasteiger partial charge in [-0.3, -0.25) is 0 Å². The zero-order valence-electron chi connectivity index (χ0n) is 12.8. The molecule has 3 rings (SSSR count). The summed E-state index contributed by atoms with van der Waals surface area (Å²) < 4.78 is 18.8. The van der Waals surface area contributed by atoms with Crippen molar-refractivity contribution in [3.8, 4) is 22.3 Å². The van der Waals surface area contributed by atoms with E-state index in [0.29, 0.717) is 16.9 Å². The molecule has 0 unspecified atom stereocenters. The van der Waals surface area contributed by atoms with Crippen molar-refractivity contribution in [3.05, 3.63) is 76.6 Å². The Hall–Kier alpha value is -2.33. The predicted molar refractivity (Wildman–Crippen MR) is 92.3 cm³/mol. The number of hydrogen-bond donors (Lipinski definition) is 0. The minimum atomic E-state index is -0.459. The van der Waals surface area contributed by atoms with Crippen molar-refractivity contribution in [2.75, 3.05) is 6.26 Å². The molecule has 0 aliphatic carbocycles. The molecule has 0 bridgehead atoms. The molecule has 1 heterocycles. The summed E-state index contributed by atoms with van der Waals surface area (Å²) in [5.74, 6) is 0.144. The highest BCUT2D eigenvalue weighted by atomic mass is 32.2. The van der Waals surface area contributed by atoms with Crippen molar-refractivity contribution in [2.45, 2.75) is 11.8 Å². The van der Waals surface area contributed by atoms with Crippen molar-refractivity contribution in [2.24, 2.45) is 0 Å². The van der Waals surface area contributed by atoms with Crippen LogP contribution in [0.1, 0.15) is 5.76 Å². The van der Waals surface area contributed by atoms with Crippen LogP contribution in [0.5, 0.6) is 0 Å². The summed E-state index contributed by atoms with van der Waals surface area (Å²) in [5.41, 5.74) is 2.09. The minimum Gasteiger partial charge on any atom is -0.428 e.